The van der Waals surface area contributed by atoms with Crippen LogP contribution in [0.2, 0.25) is 0 Å². The lowest BCUT2D eigenvalue weighted by molar-refractivity contribution is 0.0953. The van der Waals surface area contributed by atoms with E-state index in [4.69, 9.17) is 0 Å². The quantitative estimate of drug-likeness (QED) is 0.325. The summed E-state index contributed by atoms with van der Waals surface area (Å²) in [6, 6.07) is 7.66. The normalized spacial score (nSPS) is 11.3. The number of rotatable bonds is 10. The Bertz CT molecular complexity index is 754. The number of aromatic nitrogens is 1. The Morgan fingerprint density at radius 3 is 2.54 bits per heavy atom. The van der Waals surface area contributed by atoms with Gasteiger partial charge in [0.25, 0.3) is 5.91 Å². The van der Waals surface area contributed by atoms with Crippen molar-refractivity contribution in [2.45, 2.75) is 46.1 Å². The van der Waals surface area contributed by atoms with Gasteiger partial charge >= 0.3 is 0 Å². The van der Waals surface area contributed by atoms with Crippen molar-refractivity contribution in [2.75, 3.05) is 20.1 Å². The average molecular weight is 402 g/mol. The summed E-state index contributed by atoms with van der Waals surface area (Å²) in [5, 5.41) is 10.7. The molecular weight excluding hydrogens is 370 g/mol. The zero-order valence-corrected chi connectivity index (χ0v) is 17.9. The number of thiazole rings is 1. The van der Waals surface area contributed by atoms with Crippen molar-refractivity contribution in [2.24, 2.45) is 4.99 Å². The van der Waals surface area contributed by atoms with E-state index in [1.165, 1.54) is 4.88 Å². The van der Waals surface area contributed by atoms with Gasteiger partial charge in [-0.05, 0) is 30.5 Å². The second-order valence-electron chi connectivity index (χ2n) is 6.48. The topological polar surface area (TPSA) is 78.4 Å². The van der Waals surface area contributed by atoms with Gasteiger partial charge in [-0.25, -0.2) is 4.98 Å². The molecule has 0 aliphatic rings. The lowest BCUT2D eigenvalue weighted by Crippen LogP contribution is -2.37. The molecule has 0 radical (unpaired) electrons. The summed E-state index contributed by atoms with van der Waals surface area (Å²) < 4.78 is 0. The van der Waals surface area contributed by atoms with Crippen molar-refractivity contribution in [3.05, 3.63) is 51.5 Å². The van der Waals surface area contributed by atoms with Gasteiger partial charge in [0, 0.05) is 49.7 Å². The van der Waals surface area contributed by atoms with Gasteiger partial charge in [0.1, 0.15) is 0 Å². The number of nitrogens with zero attached hydrogens (tertiary/aromatic N) is 2. The number of carbonyl (C=O) groups excluding carboxylic acids is 1. The minimum Gasteiger partial charge on any atom is -0.356 e. The van der Waals surface area contributed by atoms with Crippen LogP contribution < -0.4 is 16.0 Å². The standard InChI is InChI=1S/C21H31N5OS/c1-4-6-12-23-20(27)17-9-7-16(8-10-17)14-26-21(22-3)24-13-11-19-25-15-18(5-2)28-19/h7-10,15H,4-6,11-14H2,1-3H3,(H,23,27)(H2,22,24,26). The van der Waals surface area contributed by atoms with Crippen molar-refractivity contribution in [1.29, 1.82) is 0 Å². The van der Waals surface area contributed by atoms with E-state index in [1.54, 1.807) is 18.4 Å². The second-order valence-corrected chi connectivity index (χ2v) is 7.68. The number of benzene rings is 1. The summed E-state index contributed by atoms with van der Waals surface area (Å²) in [5.74, 6) is 0.743. The molecule has 1 aromatic heterocycles. The van der Waals surface area contributed by atoms with Crippen molar-refractivity contribution in [1.82, 2.24) is 20.9 Å². The van der Waals surface area contributed by atoms with Crippen LogP contribution in [0.5, 0.6) is 0 Å². The van der Waals surface area contributed by atoms with E-state index in [1.807, 2.05) is 30.5 Å². The van der Waals surface area contributed by atoms with Crippen LogP contribution in [0.25, 0.3) is 0 Å². The predicted octanol–water partition coefficient (Wildman–Crippen LogP) is 3.14. The Hall–Kier alpha value is -2.41. The Labute approximate surface area is 171 Å². The van der Waals surface area contributed by atoms with Gasteiger partial charge in [-0.2, -0.15) is 0 Å². The number of guanidine groups is 1. The summed E-state index contributed by atoms with van der Waals surface area (Å²) in [7, 11) is 1.76. The van der Waals surface area contributed by atoms with Gasteiger partial charge in [0.05, 0.1) is 5.01 Å². The third kappa shape index (κ3) is 7.31. The summed E-state index contributed by atoms with van der Waals surface area (Å²) in [5.41, 5.74) is 1.79. The lowest BCUT2D eigenvalue weighted by atomic mass is 10.1. The monoisotopic (exact) mass is 401 g/mol. The molecule has 2 rings (SSSR count). The molecule has 0 unspecified atom stereocenters. The molecule has 0 spiro atoms. The van der Waals surface area contributed by atoms with Crippen LogP contribution >= 0.6 is 11.3 Å². The average Bonchev–Trinajstić information content (AvgIpc) is 3.19. The molecule has 0 saturated heterocycles. The zero-order chi connectivity index (χ0) is 20.2. The van der Waals surface area contributed by atoms with Crippen molar-refractivity contribution >= 4 is 23.2 Å². The first-order valence-corrected chi connectivity index (χ1v) is 10.7. The van der Waals surface area contributed by atoms with Gasteiger partial charge < -0.3 is 16.0 Å². The third-order valence-corrected chi connectivity index (χ3v) is 5.50. The smallest absolute Gasteiger partial charge is 0.251 e. The first-order chi connectivity index (χ1) is 13.7. The molecule has 1 aromatic carbocycles. The van der Waals surface area contributed by atoms with E-state index in [-0.39, 0.29) is 5.91 Å². The first kappa shape index (κ1) is 21.9. The van der Waals surface area contributed by atoms with E-state index in [0.717, 1.165) is 55.3 Å². The number of carbonyl (C=O) groups is 1. The number of aliphatic imine (C=N–C) groups is 1. The molecular formula is C21H31N5OS. The van der Waals surface area contributed by atoms with Crippen molar-refractivity contribution < 1.29 is 4.79 Å². The van der Waals surface area contributed by atoms with Crippen molar-refractivity contribution in [3.63, 3.8) is 0 Å². The van der Waals surface area contributed by atoms with Crippen LogP contribution in [0.1, 0.15) is 52.5 Å². The molecule has 152 valence electrons. The highest BCUT2D eigenvalue weighted by Crippen LogP contribution is 2.13. The van der Waals surface area contributed by atoms with Gasteiger partial charge in [0.2, 0.25) is 0 Å². The Morgan fingerprint density at radius 2 is 1.89 bits per heavy atom. The molecule has 2 aromatic rings. The number of amides is 1. The fourth-order valence-electron chi connectivity index (χ4n) is 2.58. The highest BCUT2D eigenvalue weighted by Gasteiger charge is 2.05. The van der Waals surface area contributed by atoms with Crippen LogP contribution in [-0.2, 0) is 19.4 Å². The molecule has 0 bridgehead atoms. The summed E-state index contributed by atoms with van der Waals surface area (Å²) in [6.07, 6.45) is 5.95. The molecule has 0 saturated carbocycles. The largest absolute Gasteiger partial charge is 0.356 e. The van der Waals surface area contributed by atoms with Crippen LogP contribution in [0.15, 0.2) is 35.5 Å². The third-order valence-electron chi connectivity index (χ3n) is 4.30. The van der Waals surface area contributed by atoms with Crippen LogP contribution in [0.4, 0.5) is 0 Å². The number of unbranched alkanes of at least 4 members (excludes halogenated alkanes) is 1. The van der Waals surface area contributed by atoms with E-state index >= 15 is 0 Å². The van der Waals surface area contributed by atoms with E-state index < -0.39 is 0 Å². The van der Waals surface area contributed by atoms with Gasteiger partial charge in [-0.1, -0.05) is 32.4 Å². The molecule has 1 amide bonds. The highest BCUT2D eigenvalue weighted by molar-refractivity contribution is 7.11. The number of aryl methyl sites for hydroxylation is 1. The van der Waals surface area contributed by atoms with Gasteiger partial charge in [-0.15, -0.1) is 11.3 Å². The zero-order valence-electron chi connectivity index (χ0n) is 17.0. The summed E-state index contributed by atoms with van der Waals surface area (Å²) >= 11 is 1.77. The Balaban J connectivity index is 1.74. The number of hydrogen-bond donors (Lipinski definition) is 3. The van der Waals surface area contributed by atoms with E-state index in [9.17, 15) is 4.79 Å². The molecule has 0 atom stereocenters. The van der Waals surface area contributed by atoms with Crippen LogP contribution in [0, 0.1) is 0 Å². The fourth-order valence-corrected chi connectivity index (χ4v) is 3.44. The van der Waals surface area contributed by atoms with E-state index in [0.29, 0.717) is 12.1 Å². The van der Waals surface area contributed by atoms with Gasteiger partial charge in [-0.3, -0.25) is 9.79 Å². The fraction of sp³-hybridized carbons (Fsp3) is 0.476. The van der Waals surface area contributed by atoms with Crippen LogP contribution in [0.3, 0.4) is 0 Å². The SMILES string of the molecule is CCCCNC(=O)c1ccc(CNC(=NC)NCCc2ncc(CC)s2)cc1. The maximum absolute atomic E-state index is 12.0. The molecule has 7 heteroatoms. The predicted molar refractivity (Wildman–Crippen MR) is 117 cm³/mol. The maximum Gasteiger partial charge on any atom is 0.251 e. The molecule has 0 aliphatic carbocycles. The van der Waals surface area contributed by atoms with E-state index in [2.05, 4.69) is 39.8 Å². The molecule has 0 fully saturated rings. The second kappa shape index (κ2) is 12.1. The maximum atomic E-state index is 12.0. The minimum atomic E-state index is -0.0150. The van der Waals surface area contributed by atoms with Gasteiger partial charge in [0.15, 0.2) is 5.96 Å². The van der Waals surface area contributed by atoms with Crippen LogP contribution in [-0.4, -0.2) is 37.0 Å². The minimum absolute atomic E-state index is 0.0150. The van der Waals surface area contributed by atoms with Crippen molar-refractivity contribution in [3.8, 4) is 0 Å². The summed E-state index contributed by atoms with van der Waals surface area (Å²) in [4.78, 5) is 22.0. The first-order valence-electron chi connectivity index (χ1n) is 9.91. The number of nitrogens with one attached hydrogen (secondary N) is 3. The summed E-state index contributed by atoms with van der Waals surface area (Å²) in [6.45, 7) is 6.41. The molecule has 1 heterocycles. The Morgan fingerprint density at radius 1 is 1.11 bits per heavy atom. The highest BCUT2D eigenvalue weighted by atomic mass is 32.1. The molecule has 28 heavy (non-hydrogen) atoms. The number of hydrogen-bond acceptors (Lipinski definition) is 4. The Kier molecular flexibility index (Phi) is 9.48. The lowest BCUT2D eigenvalue weighted by Gasteiger charge is -2.12. The molecule has 6 nitrogen and oxygen atoms in total. The molecule has 0 aliphatic heterocycles. The molecule has 3 N–H and O–H groups in total.